The average Bonchev–Trinajstić information content (AvgIpc) is 2.82. The van der Waals surface area contributed by atoms with E-state index in [0.717, 1.165) is 54.4 Å². The molecule has 0 heterocycles. The monoisotopic (exact) mass is 365 g/mol. The van der Waals surface area contributed by atoms with Gasteiger partial charge in [-0.25, -0.2) is 4.39 Å². The molecule has 0 aliphatic heterocycles. The highest BCUT2D eigenvalue weighted by atomic mass is 79.9. The van der Waals surface area contributed by atoms with Gasteiger partial charge in [-0.05, 0) is 70.4 Å². The first-order chi connectivity index (χ1) is 10.4. The lowest BCUT2D eigenvalue weighted by Crippen LogP contribution is -2.27. The fourth-order valence-corrected chi connectivity index (χ4v) is 4.85. The van der Waals surface area contributed by atoms with E-state index in [9.17, 15) is 9.18 Å². The van der Waals surface area contributed by atoms with Crippen molar-refractivity contribution in [2.75, 3.05) is 5.73 Å². The molecule has 1 atom stereocenters. The third-order valence-corrected chi connectivity index (χ3v) is 6.17. The number of nitrogen functional groups attached to an aromatic ring is 1. The van der Waals surface area contributed by atoms with Crippen molar-refractivity contribution in [3.63, 3.8) is 0 Å². The van der Waals surface area contributed by atoms with E-state index >= 15 is 0 Å². The van der Waals surface area contributed by atoms with Gasteiger partial charge in [0.25, 0.3) is 0 Å². The zero-order valence-electron chi connectivity index (χ0n) is 13.1. The molecule has 0 saturated heterocycles. The first-order valence-corrected chi connectivity index (χ1v) is 8.72. The van der Waals surface area contributed by atoms with Gasteiger partial charge in [0, 0.05) is 11.8 Å². The Morgan fingerprint density at radius 3 is 2.86 bits per heavy atom. The summed E-state index contributed by atoms with van der Waals surface area (Å²) in [7, 11) is 0. The second kappa shape index (κ2) is 5.48. The largest absolute Gasteiger partial charge is 0.396 e. The van der Waals surface area contributed by atoms with Crippen LogP contribution in [0, 0.1) is 18.2 Å². The second-order valence-corrected chi connectivity index (χ2v) is 7.39. The number of hydrogen-bond donors (Lipinski definition) is 1. The Labute approximate surface area is 139 Å². The Bertz CT molecular complexity index is 695. The number of allylic oxidation sites excluding steroid dienone is 2. The van der Waals surface area contributed by atoms with E-state index in [-0.39, 0.29) is 22.7 Å². The van der Waals surface area contributed by atoms with E-state index in [0.29, 0.717) is 10.9 Å². The minimum Gasteiger partial charge on any atom is -0.396 e. The number of rotatable bonds is 3. The summed E-state index contributed by atoms with van der Waals surface area (Å²) in [5.41, 5.74) is 9.96. The molecule has 2 aliphatic carbocycles. The van der Waals surface area contributed by atoms with Crippen molar-refractivity contribution in [2.45, 2.75) is 52.4 Å². The lowest BCUT2D eigenvalue weighted by molar-refractivity contribution is -0.115. The molecule has 22 heavy (non-hydrogen) atoms. The van der Waals surface area contributed by atoms with Crippen molar-refractivity contribution in [2.24, 2.45) is 5.41 Å². The predicted octanol–water partition coefficient (Wildman–Crippen LogP) is 4.92. The summed E-state index contributed by atoms with van der Waals surface area (Å²) in [6.07, 6.45) is 5.56. The van der Waals surface area contributed by atoms with Crippen LogP contribution in [0.2, 0.25) is 0 Å². The van der Waals surface area contributed by atoms with Crippen LogP contribution in [0.3, 0.4) is 0 Å². The zero-order chi connectivity index (χ0) is 16.1. The SMILES string of the molecule is CCCCC12CCC(=O)C(Br)=C1c1cc(F)c(N)c(C)c1C2. The van der Waals surface area contributed by atoms with Crippen LogP contribution in [0.4, 0.5) is 10.1 Å². The minimum atomic E-state index is -0.381. The van der Waals surface area contributed by atoms with Gasteiger partial charge in [-0.1, -0.05) is 19.8 Å². The molecule has 1 aromatic carbocycles. The van der Waals surface area contributed by atoms with Gasteiger partial charge in [-0.15, -0.1) is 0 Å². The maximum atomic E-state index is 14.1. The molecule has 1 unspecified atom stereocenters. The molecular weight excluding hydrogens is 345 g/mol. The Morgan fingerprint density at radius 1 is 1.45 bits per heavy atom. The minimum absolute atomic E-state index is 0.0317. The quantitative estimate of drug-likeness (QED) is 0.772. The van der Waals surface area contributed by atoms with Crippen molar-refractivity contribution in [1.82, 2.24) is 0 Å². The van der Waals surface area contributed by atoms with E-state index in [4.69, 9.17) is 5.73 Å². The number of carbonyl (C=O) groups is 1. The third kappa shape index (κ3) is 2.15. The molecule has 0 amide bonds. The number of hydrogen-bond acceptors (Lipinski definition) is 2. The number of halogens is 2. The normalized spacial score (nSPS) is 23.7. The topological polar surface area (TPSA) is 43.1 Å². The van der Waals surface area contributed by atoms with Crippen LogP contribution in [0.1, 0.15) is 55.7 Å². The maximum Gasteiger partial charge on any atom is 0.170 e. The molecule has 0 aromatic heterocycles. The Kier molecular flexibility index (Phi) is 3.92. The third-order valence-electron chi connectivity index (χ3n) is 5.33. The summed E-state index contributed by atoms with van der Waals surface area (Å²) in [5.74, 6) is -0.252. The van der Waals surface area contributed by atoms with Crippen molar-refractivity contribution in [1.29, 1.82) is 0 Å². The van der Waals surface area contributed by atoms with Crippen molar-refractivity contribution in [3.05, 3.63) is 33.1 Å². The van der Waals surface area contributed by atoms with Crippen LogP contribution in [0.15, 0.2) is 10.5 Å². The molecule has 0 fully saturated rings. The maximum absolute atomic E-state index is 14.1. The Hall–Kier alpha value is -1.16. The van der Waals surface area contributed by atoms with Gasteiger partial charge < -0.3 is 5.73 Å². The van der Waals surface area contributed by atoms with Crippen LogP contribution in [0.25, 0.3) is 5.57 Å². The number of carbonyl (C=O) groups excluding carboxylic acids is 1. The lowest BCUT2D eigenvalue weighted by Gasteiger charge is -2.35. The second-order valence-electron chi connectivity index (χ2n) is 6.60. The molecule has 3 rings (SSSR count). The summed E-state index contributed by atoms with van der Waals surface area (Å²) < 4.78 is 14.8. The molecule has 118 valence electrons. The molecule has 0 spiro atoms. The number of unbranched alkanes of at least 4 members (excludes halogenated alkanes) is 1. The first-order valence-electron chi connectivity index (χ1n) is 7.92. The molecule has 4 heteroatoms. The van der Waals surface area contributed by atoms with Gasteiger partial charge in [0.1, 0.15) is 5.82 Å². The number of nitrogens with two attached hydrogens (primary N) is 1. The fraction of sp³-hybridized carbons (Fsp3) is 0.500. The van der Waals surface area contributed by atoms with E-state index in [1.54, 1.807) is 0 Å². The van der Waals surface area contributed by atoms with Crippen molar-refractivity contribution in [3.8, 4) is 0 Å². The molecule has 2 N–H and O–H groups in total. The van der Waals surface area contributed by atoms with Gasteiger partial charge in [0.05, 0.1) is 10.2 Å². The van der Waals surface area contributed by atoms with Gasteiger partial charge in [-0.2, -0.15) is 0 Å². The number of anilines is 1. The standard InChI is InChI=1S/C18H21BrFNO/c1-3-4-6-18-7-5-14(22)16(19)15(18)11-8-13(20)17(21)10(2)12(11)9-18/h8H,3-7,9,21H2,1-2H3. The summed E-state index contributed by atoms with van der Waals surface area (Å²) in [6.45, 7) is 4.06. The van der Waals surface area contributed by atoms with E-state index in [1.165, 1.54) is 6.07 Å². The van der Waals surface area contributed by atoms with Gasteiger partial charge >= 0.3 is 0 Å². The highest BCUT2D eigenvalue weighted by Crippen LogP contribution is 2.58. The van der Waals surface area contributed by atoms with Gasteiger partial charge in [-0.3, -0.25) is 4.79 Å². The number of benzene rings is 1. The Balaban J connectivity index is 2.23. The smallest absolute Gasteiger partial charge is 0.170 e. The van der Waals surface area contributed by atoms with E-state index in [2.05, 4.69) is 22.9 Å². The van der Waals surface area contributed by atoms with E-state index in [1.807, 2.05) is 6.92 Å². The molecule has 0 saturated carbocycles. The number of ketones is 1. The number of Topliss-reactive ketones (excluding diaryl/α,β-unsaturated/α-hetero) is 1. The highest BCUT2D eigenvalue weighted by molar-refractivity contribution is 9.12. The van der Waals surface area contributed by atoms with E-state index < -0.39 is 0 Å². The van der Waals surface area contributed by atoms with Crippen LogP contribution < -0.4 is 5.73 Å². The summed E-state index contributed by atoms with van der Waals surface area (Å²) in [5, 5.41) is 0. The van der Waals surface area contributed by atoms with Crippen LogP contribution in [-0.4, -0.2) is 5.78 Å². The predicted molar refractivity (Wildman–Crippen MR) is 91.3 cm³/mol. The fourth-order valence-electron chi connectivity index (χ4n) is 4.02. The average molecular weight is 366 g/mol. The van der Waals surface area contributed by atoms with Crippen LogP contribution in [-0.2, 0) is 11.2 Å². The summed E-state index contributed by atoms with van der Waals surface area (Å²) in [6, 6.07) is 1.53. The molecule has 2 aliphatic rings. The first kappa shape index (κ1) is 15.7. The number of fused-ring (bicyclic) bond motifs is 3. The lowest BCUT2D eigenvalue weighted by atomic mass is 9.69. The van der Waals surface area contributed by atoms with Crippen LogP contribution in [0.5, 0.6) is 0 Å². The molecule has 0 radical (unpaired) electrons. The van der Waals surface area contributed by atoms with Crippen LogP contribution >= 0.6 is 15.9 Å². The van der Waals surface area contributed by atoms with Gasteiger partial charge in [0.2, 0.25) is 0 Å². The molecule has 1 aromatic rings. The zero-order valence-corrected chi connectivity index (χ0v) is 14.6. The van der Waals surface area contributed by atoms with Gasteiger partial charge in [0.15, 0.2) is 5.78 Å². The highest BCUT2D eigenvalue weighted by Gasteiger charge is 2.47. The summed E-state index contributed by atoms with van der Waals surface area (Å²) >= 11 is 3.50. The molecular formula is C18H21BrFNO. The summed E-state index contributed by atoms with van der Waals surface area (Å²) in [4.78, 5) is 12.2. The molecule has 0 bridgehead atoms. The molecule has 2 nitrogen and oxygen atoms in total. The van der Waals surface area contributed by atoms with Crippen molar-refractivity contribution >= 4 is 33.0 Å². The Morgan fingerprint density at radius 2 is 2.18 bits per heavy atom. The van der Waals surface area contributed by atoms with Crippen molar-refractivity contribution < 1.29 is 9.18 Å².